The second-order valence-electron chi connectivity index (χ2n) is 3.13. The second kappa shape index (κ2) is 3.10. The second-order valence-corrected chi connectivity index (χ2v) is 3.13. The van der Waals surface area contributed by atoms with Gasteiger partial charge in [0.1, 0.15) is 6.33 Å². The van der Waals surface area contributed by atoms with E-state index in [1.807, 2.05) is 13.1 Å². The zero-order valence-corrected chi connectivity index (χ0v) is 8.01. The topological polar surface area (TPSA) is 52.7 Å². The molecule has 0 aliphatic heterocycles. The van der Waals surface area contributed by atoms with Gasteiger partial charge in [0.05, 0.1) is 0 Å². The first-order valence-electron chi connectivity index (χ1n) is 4.19. The van der Waals surface area contributed by atoms with Crippen LogP contribution in [0.25, 0.3) is 11.4 Å². The fourth-order valence-electron chi connectivity index (χ4n) is 1.23. The van der Waals surface area contributed by atoms with Gasteiger partial charge in [-0.3, -0.25) is 4.79 Å². The first-order chi connectivity index (χ1) is 6.68. The smallest absolute Gasteiger partial charge is 0.250 e. The summed E-state index contributed by atoms with van der Waals surface area (Å²) in [6.07, 6.45) is 3.32. The highest BCUT2D eigenvalue weighted by molar-refractivity contribution is 5.53. The lowest BCUT2D eigenvalue weighted by molar-refractivity contribution is 0.856. The zero-order valence-electron chi connectivity index (χ0n) is 8.01. The van der Waals surface area contributed by atoms with E-state index in [0.717, 1.165) is 5.56 Å². The van der Waals surface area contributed by atoms with Crippen molar-refractivity contribution in [3.63, 3.8) is 0 Å². The number of aromatic nitrogens is 4. The van der Waals surface area contributed by atoms with Gasteiger partial charge in [-0.1, -0.05) is 0 Å². The molecule has 0 aromatic carbocycles. The van der Waals surface area contributed by atoms with E-state index in [0.29, 0.717) is 5.82 Å². The predicted molar refractivity (Wildman–Crippen MR) is 51.7 cm³/mol. The highest BCUT2D eigenvalue weighted by atomic mass is 16.1. The van der Waals surface area contributed by atoms with E-state index in [-0.39, 0.29) is 5.56 Å². The summed E-state index contributed by atoms with van der Waals surface area (Å²) in [5.41, 5.74) is 0.735. The monoisotopic (exact) mass is 190 g/mol. The molecule has 72 valence electrons. The Balaban J connectivity index is 2.59. The number of pyridine rings is 1. The van der Waals surface area contributed by atoms with Gasteiger partial charge in [-0.15, -0.1) is 10.2 Å². The lowest BCUT2D eigenvalue weighted by Crippen LogP contribution is -2.14. The summed E-state index contributed by atoms with van der Waals surface area (Å²) < 4.78 is 3.29. The van der Waals surface area contributed by atoms with Crippen molar-refractivity contribution < 1.29 is 0 Å². The molecular formula is C9H10N4O. The van der Waals surface area contributed by atoms with Crippen LogP contribution in [0.5, 0.6) is 0 Å². The largest absolute Gasteiger partial charge is 0.319 e. The summed E-state index contributed by atoms with van der Waals surface area (Å²) >= 11 is 0. The average Bonchev–Trinajstić information content (AvgIpc) is 2.57. The van der Waals surface area contributed by atoms with Crippen LogP contribution in [0.1, 0.15) is 0 Å². The minimum Gasteiger partial charge on any atom is -0.319 e. The summed E-state index contributed by atoms with van der Waals surface area (Å²) in [6.45, 7) is 0. The van der Waals surface area contributed by atoms with Crippen molar-refractivity contribution in [2.75, 3.05) is 0 Å². The van der Waals surface area contributed by atoms with E-state index < -0.39 is 0 Å². The Hall–Kier alpha value is -1.91. The molecule has 14 heavy (non-hydrogen) atoms. The number of hydrogen-bond acceptors (Lipinski definition) is 3. The fraction of sp³-hybridized carbons (Fsp3) is 0.222. The van der Waals surface area contributed by atoms with Crippen LogP contribution in [0.4, 0.5) is 0 Å². The zero-order chi connectivity index (χ0) is 10.1. The molecule has 5 heteroatoms. The molecule has 0 atom stereocenters. The van der Waals surface area contributed by atoms with E-state index in [1.165, 1.54) is 4.57 Å². The molecule has 0 amide bonds. The van der Waals surface area contributed by atoms with Gasteiger partial charge in [-0.2, -0.15) is 0 Å². The Bertz CT molecular complexity index is 512. The van der Waals surface area contributed by atoms with Gasteiger partial charge < -0.3 is 9.13 Å². The maximum Gasteiger partial charge on any atom is 0.250 e. The Labute approximate surface area is 80.6 Å². The first-order valence-corrected chi connectivity index (χ1v) is 4.19. The molecular weight excluding hydrogens is 180 g/mol. The number of aryl methyl sites for hydroxylation is 2. The third kappa shape index (κ3) is 1.32. The van der Waals surface area contributed by atoms with Crippen LogP contribution in [0.2, 0.25) is 0 Å². The normalized spacial score (nSPS) is 10.4. The third-order valence-corrected chi connectivity index (χ3v) is 2.07. The maximum absolute atomic E-state index is 11.4. The Morgan fingerprint density at radius 2 is 2.07 bits per heavy atom. The van der Waals surface area contributed by atoms with Crippen molar-refractivity contribution in [2.45, 2.75) is 0 Å². The third-order valence-electron chi connectivity index (χ3n) is 2.07. The molecule has 0 aliphatic carbocycles. The molecule has 2 aromatic rings. The fourth-order valence-corrected chi connectivity index (χ4v) is 1.23. The number of rotatable bonds is 1. The molecule has 0 saturated heterocycles. The quantitative estimate of drug-likeness (QED) is 0.644. The average molecular weight is 190 g/mol. The van der Waals surface area contributed by atoms with Crippen LogP contribution >= 0.6 is 0 Å². The molecule has 2 rings (SSSR count). The molecule has 0 fully saturated rings. The molecule has 5 nitrogen and oxygen atoms in total. The van der Waals surface area contributed by atoms with E-state index >= 15 is 0 Å². The van der Waals surface area contributed by atoms with Crippen LogP contribution in [0.3, 0.4) is 0 Å². The van der Waals surface area contributed by atoms with Crippen LogP contribution in [-0.2, 0) is 14.1 Å². The SMILES string of the molecule is Cn1cnnc1-c1ccn(C)c(=O)c1. The predicted octanol–water partition coefficient (Wildman–Crippen LogP) is 0.181. The van der Waals surface area contributed by atoms with E-state index in [9.17, 15) is 4.79 Å². The number of hydrogen-bond donors (Lipinski definition) is 0. The molecule has 2 aromatic heterocycles. The van der Waals surface area contributed by atoms with Gasteiger partial charge in [0, 0.05) is 31.9 Å². The van der Waals surface area contributed by atoms with Crippen LogP contribution in [0.15, 0.2) is 29.5 Å². The van der Waals surface area contributed by atoms with Crippen LogP contribution < -0.4 is 5.56 Å². The first kappa shape index (κ1) is 8.68. The summed E-state index contributed by atoms with van der Waals surface area (Å²) in [7, 11) is 3.55. The van der Waals surface area contributed by atoms with Gasteiger partial charge in [0.15, 0.2) is 5.82 Å². The van der Waals surface area contributed by atoms with Crippen molar-refractivity contribution in [3.8, 4) is 11.4 Å². The van der Waals surface area contributed by atoms with Crippen molar-refractivity contribution in [2.24, 2.45) is 14.1 Å². The van der Waals surface area contributed by atoms with E-state index in [4.69, 9.17) is 0 Å². The minimum atomic E-state index is -0.0505. The van der Waals surface area contributed by atoms with Gasteiger partial charge in [0.2, 0.25) is 0 Å². The van der Waals surface area contributed by atoms with Gasteiger partial charge in [-0.05, 0) is 6.07 Å². The van der Waals surface area contributed by atoms with E-state index in [2.05, 4.69) is 10.2 Å². The Kier molecular flexibility index (Phi) is 1.92. The van der Waals surface area contributed by atoms with Gasteiger partial charge in [-0.25, -0.2) is 0 Å². The highest BCUT2D eigenvalue weighted by Gasteiger charge is 2.04. The van der Waals surface area contributed by atoms with E-state index in [1.54, 1.807) is 30.2 Å². The molecule has 0 unspecified atom stereocenters. The molecule has 2 heterocycles. The van der Waals surface area contributed by atoms with Crippen LogP contribution in [-0.4, -0.2) is 19.3 Å². The maximum atomic E-state index is 11.4. The molecule has 0 N–H and O–H groups in total. The summed E-state index contributed by atoms with van der Waals surface area (Å²) in [5.74, 6) is 0.697. The summed E-state index contributed by atoms with van der Waals surface area (Å²) in [6, 6.07) is 3.38. The van der Waals surface area contributed by atoms with Crippen molar-refractivity contribution in [3.05, 3.63) is 35.0 Å². The lowest BCUT2D eigenvalue weighted by atomic mass is 10.2. The molecule has 0 radical (unpaired) electrons. The molecule has 0 spiro atoms. The standard InChI is InChI=1S/C9H10N4O/c1-12-4-3-7(5-8(12)14)9-11-10-6-13(9)2/h3-6H,1-2H3. The van der Waals surface area contributed by atoms with Gasteiger partial charge in [0.25, 0.3) is 5.56 Å². The minimum absolute atomic E-state index is 0.0505. The molecule has 0 aliphatic rings. The highest BCUT2D eigenvalue weighted by Crippen LogP contribution is 2.11. The van der Waals surface area contributed by atoms with Crippen molar-refractivity contribution in [1.29, 1.82) is 0 Å². The van der Waals surface area contributed by atoms with Gasteiger partial charge >= 0.3 is 0 Å². The van der Waals surface area contributed by atoms with Crippen molar-refractivity contribution in [1.82, 2.24) is 19.3 Å². The summed E-state index contributed by atoms with van der Waals surface area (Å²) in [5, 5.41) is 7.68. The number of nitrogens with zero attached hydrogens (tertiary/aromatic N) is 4. The Morgan fingerprint density at radius 3 is 2.64 bits per heavy atom. The molecule has 0 saturated carbocycles. The Morgan fingerprint density at radius 1 is 1.29 bits per heavy atom. The van der Waals surface area contributed by atoms with Crippen LogP contribution in [0, 0.1) is 0 Å². The molecule has 0 bridgehead atoms. The lowest BCUT2D eigenvalue weighted by Gasteiger charge is -2.00. The summed E-state index contributed by atoms with van der Waals surface area (Å²) in [4.78, 5) is 11.4. The van der Waals surface area contributed by atoms with Crippen molar-refractivity contribution >= 4 is 0 Å².